The predicted octanol–water partition coefficient (Wildman–Crippen LogP) is 6.47. The Morgan fingerprint density at radius 3 is 2.28 bits per heavy atom. The molecule has 0 amide bonds. The maximum Gasteiger partial charge on any atom is 0.196 e. The SMILES string of the molecule is C=CCC1CC2(CC=C)C=C(C(=O)c3ccccc3)C(=O)[C@](CC=C(C)C)(C2=O)C1(C)C. The van der Waals surface area contributed by atoms with Crippen molar-refractivity contribution in [3.8, 4) is 0 Å². The minimum Gasteiger partial charge on any atom is -0.298 e. The highest BCUT2D eigenvalue weighted by molar-refractivity contribution is 6.34. The van der Waals surface area contributed by atoms with Gasteiger partial charge in [0.25, 0.3) is 0 Å². The maximum atomic E-state index is 14.3. The van der Waals surface area contributed by atoms with E-state index in [1.807, 2.05) is 45.9 Å². The van der Waals surface area contributed by atoms with E-state index < -0.39 is 16.2 Å². The van der Waals surface area contributed by atoms with Crippen LogP contribution in [0.3, 0.4) is 0 Å². The van der Waals surface area contributed by atoms with Gasteiger partial charge in [-0.15, -0.1) is 13.2 Å². The first-order chi connectivity index (χ1) is 15.1. The van der Waals surface area contributed by atoms with Gasteiger partial charge in [0.2, 0.25) is 0 Å². The van der Waals surface area contributed by atoms with Crippen LogP contribution in [-0.2, 0) is 9.59 Å². The van der Waals surface area contributed by atoms with Gasteiger partial charge < -0.3 is 0 Å². The average Bonchev–Trinajstić information content (AvgIpc) is 2.75. The summed E-state index contributed by atoms with van der Waals surface area (Å²) in [5.41, 5.74) is -1.19. The number of fused-ring (bicyclic) bond motifs is 2. The molecule has 2 bridgehead atoms. The molecule has 2 aliphatic rings. The molecule has 0 spiro atoms. The van der Waals surface area contributed by atoms with Crippen LogP contribution in [-0.4, -0.2) is 17.3 Å². The van der Waals surface area contributed by atoms with Crippen molar-refractivity contribution < 1.29 is 14.4 Å². The Labute approximate surface area is 192 Å². The van der Waals surface area contributed by atoms with Crippen LogP contribution in [0.2, 0.25) is 0 Å². The Morgan fingerprint density at radius 2 is 1.72 bits per heavy atom. The summed E-state index contributed by atoms with van der Waals surface area (Å²) in [4.78, 5) is 42.0. The van der Waals surface area contributed by atoms with E-state index in [1.165, 1.54) is 0 Å². The second-order valence-corrected chi connectivity index (χ2v) is 10.1. The lowest BCUT2D eigenvalue weighted by Crippen LogP contribution is -2.65. The van der Waals surface area contributed by atoms with Crippen molar-refractivity contribution in [1.29, 1.82) is 0 Å². The fourth-order valence-corrected chi connectivity index (χ4v) is 5.74. The van der Waals surface area contributed by atoms with Crippen molar-refractivity contribution >= 4 is 17.3 Å². The number of hydrogen-bond acceptors (Lipinski definition) is 3. The lowest BCUT2D eigenvalue weighted by atomic mass is 9.40. The minimum atomic E-state index is -1.30. The van der Waals surface area contributed by atoms with Crippen molar-refractivity contribution in [2.45, 2.75) is 53.4 Å². The zero-order chi connectivity index (χ0) is 23.7. The first kappa shape index (κ1) is 23.8. The van der Waals surface area contributed by atoms with E-state index in [9.17, 15) is 14.4 Å². The van der Waals surface area contributed by atoms with E-state index in [-0.39, 0.29) is 28.8 Å². The molecule has 3 rings (SSSR count). The summed E-state index contributed by atoms with van der Waals surface area (Å²) in [5, 5.41) is 0. The van der Waals surface area contributed by atoms with Gasteiger partial charge in [-0.1, -0.05) is 74.1 Å². The van der Waals surface area contributed by atoms with Crippen molar-refractivity contribution in [1.82, 2.24) is 0 Å². The van der Waals surface area contributed by atoms with Crippen molar-refractivity contribution in [3.05, 3.63) is 84.5 Å². The standard InChI is InChI=1S/C29H34O3/c1-7-12-22-18-28(16-8-2)19-23(24(30)21-13-10-9-11-14-21)25(31)29(26(28)32,27(22,5)6)17-15-20(3)4/h7-11,13-15,19,22H,1-2,12,16-18H2,3-6H3/t22?,28?,29-/m1/s1. The van der Waals surface area contributed by atoms with Crippen LogP contribution in [0, 0.1) is 22.2 Å². The van der Waals surface area contributed by atoms with Gasteiger partial charge >= 0.3 is 0 Å². The molecule has 3 heteroatoms. The van der Waals surface area contributed by atoms with Crippen LogP contribution in [0.25, 0.3) is 0 Å². The van der Waals surface area contributed by atoms with E-state index in [4.69, 9.17) is 0 Å². The average molecular weight is 431 g/mol. The first-order valence-electron chi connectivity index (χ1n) is 11.3. The Balaban J connectivity index is 2.33. The van der Waals surface area contributed by atoms with Gasteiger partial charge in [0.1, 0.15) is 5.41 Å². The molecule has 2 aliphatic carbocycles. The molecule has 1 aromatic carbocycles. The molecule has 0 aliphatic heterocycles. The number of allylic oxidation sites excluding steroid dienone is 6. The predicted molar refractivity (Wildman–Crippen MR) is 129 cm³/mol. The van der Waals surface area contributed by atoms with Gasteiger partial charge in [0.05, 0.1) is 11.0 Å². The summed E-state index contributed by atoms with van der Waals surface area (Å²) >= 11 is 0. The van der Waals surface area contributed by atoms with Crippen LogP contribution in [0.5, 0.6) is 0 Å². The highest BCUT2D eigenvalue weighted by Gasteiger charge is 2.69. The van der Waals surface area contributed by atoms with Gasteiger partial charge in [0, 0.05) is 5.56 Å². The van der Waals surface area contributed by atoms with E-state index in [0.717, 1.165) is 5.57 Å². The van der Waals surface area contributed by atoms with Crippen LogP contribution < -0.4 is 0 Å². The lowest BCUT2D eigenvalue weighted by Gasteiger charge is -2.59. The molecule has 0 aromatic heterocycles. The van der Waals surface area contributed by atoms with Gasteiger partial charge in [-0.3, -0.25) is 14.4 Å². The molecule has 0 heterocycles. The van der Waals surface area contributed by atoms with Gasteiger partial charge in [-0.05, 0) is 50.9 Å². The minimum absolute atomic E-state index is 0.0673. The largest absolute Gasteiger partial charge is 0.298 e. The zero-order valence-corrected chi connectivity index (χ0v) is 19.7. The maximum absolute atomic E-state index is 14.3. The molecule has 0 radical (unpaired) electrons. The van der Waals surface area contributed by atoms with Gasteiger partial charge in [-0.2, -0.15) is 0 Å². The molecule has 2 unspecified atom stereocenters. The third kappa shape index (κ3) is 3.48. The molecule has 32 heavy (non-hydrogen) atoms. The fourth-order valence-electron chi connectivity index (χ4n) is 5.74. The Hall–Kier alpha value is -2.81. The summed E-state index contributed by atoms with van der Waals surface area (Å²) in [6, 6.07) is 8.85. The Kier molecular flexibility index (Phi) is 6.42. The van der Waals surface area contributed by atoms with E-state index >= 15 is 0 Å². The van der Waals surface area contributed by atoms with Gasteiger partial charge in [0.15, 0.2) is 17.3 Å². The number of rotatable bonds is 8. The summed E-state index contributed by atoms with van der Waals surface area (Å²) in [7, 11) is 0. The van der Waals surface area contributed by atoms with E-state index in [2.05, 4.69) is 13.2 Å². The molecule has 0 N–H and O–H groups in total. The molecular formula is C29H34O3. The second-order valence-electron chi connectivity index (χ2n) is 10.1. The molecule has 168 valence electrons. The molecule has 1 fully saturated rings. The number of carbonyl (C=O) groups is 3. The van der Waals surface area contributed by atoms with E-state index in [0.29, 0.717) is 31.2 Å². The fraction of sp³-hybridized carbons (Fsp3) is 0.414. The number of benzene rings is 1. The quantitative estimate of drug-likeness (QED) is 0.205. The Morgan fingerprint density at radius 1 is 1.06 bits per heavy atom. The second kappa shape index (κ2) is 8.61. The molecule has 3 atom stereocenters. The first-order valence-corrected chi connectivity index (χ1v) is 11.3. The third-order valence-corrected chi connectivity index (χ3v) is 7.68. The number of Topliss-reactive ketones (excluding diaryl/α,β-unsaturated/α-hetero) is 3. The van der Waals surface area contributed by atoms with Crippen LogP contribution in [0.4, 0.5) is 0 Å². The van der Waals surface area contributed by atoms with Crippen LogP contribution >= 0.6 is 0 Å². The topological polar surface area (TPSA) is 51.2 Å². The number of hydrogen-bond donors (Lipinski definition) is 0. The molecular weight excluding hydrogens is 396 g/mol. The van der Waals surface area contributed by atoms with Crippen molar-refractivity contribution in [2.75, 3.05) is 0 Å². The summed E-state index contributed by atoms with van der Waals surface area (Å²) in [6.45, 7) is 15.8. The van der Waals surface area contributed by atoms with Crippen molar-refractivity contribution in [2.24, 2.45) is 22.2 Å². The number of ketones is 3. The molecule has 0 saturated heterocycles. The van der Waals surface area contributed by atoms with Crippen molar-refractivity contribution in [3.63, 3.8) is 0 Å². The highest BCUT2D eigenvalue weighted by Crippen LogP contribution is 2.64. The third-order valence-electron chi connectivity index (χ3n) is 7.68. The normalized spacial score (nSPS) is 28.5. The molecule has 1 aromatic rings. The highest BCUT2D eigenvalue weighted by atomic mass is 16.2. The van der Waals surface area contributed by atoms with Crippen LogP contribution in [0.15, 0.2) is 78.9 Å². The lowest BCUT2D eigenvalue weighted by molar-refractivity contribution is -0.167. The molecule has 1 saturated carbocycles. The summed E-state index contributed by atoms with van der Waals surface area (Å²) in [5.74, 6) is -0.637. The van der Waals surface area contributed by atoms with Gasteiger partial charge in [-0.25, -0.2) is 0 Å². The monoisotopic (exact) mass is 430 g/mol. The Bertz CT molecular complexity index is 1020. The summed E-state index contributed by atoms with van der Waals surface area (Å²) < 4.78 is 0. The summed E-state index contributed by atoms with van der Waals surface area (Å²) in [6.07, 6.45) is 9.26. The number of carbonyl (C=O) groups excluding carboxylic acids is 3. The smallest absolute Gasteiger partial charge is 0.196 e. The molecule has 3 nitrogen and oxygen atoms in total. The van der Waals surface area contributed by atoms with Crippen LogP contribution in [0.1, 0.15) is 63.7 Å². The van der Waals surface area contributed by atoms with E-state index in [1.54, 1.807) is 36.4 Å². The zero-order valence-electron chi connectivity index (χ0n) is 19.7.